The van der Waals surface area contributed by atoms with Crippen molar-refractivity contribution in [1.29, 1.82) is 0 Å². The fourth-order valence-electron chi connectivity index (χ4n) is 1.60. The summed E-state index contributed by atoms with van der Waals surface area (Å²) in [5.41, 5.74) is 2.03. The minimum Gasteiger partial charge on any atom is -0.456 e. The lowest BCUT2D eigenvalue weighted by molar-refractivity contribution is -0.114. The van der Waals surface area contributed by atoms with E-state index in [1.165, 1.54) is 18.3 Å². The molecule has 1 aromatic heterocycles. The van der Waals surface area contributed by atoms with Gasteiger partial charge in [0.2, 0.25) is 5.91 Å². The van der Waals surface area contributed by atoms with E-state index in [0.29, 0.717) is 16.4 Å². The van der Waals surface area contributed by atoms with Crippen LogP contribution in [0, 0.1) is 6.92 Å². The second-order valence-electron chi connectivity index (χ2n) is 4.22. The smallest absolute Gasteiger partial charge is 0.338 e. The molecule has 0 aliphatic rings. The molecule has 1 N–H and O–H groups in total. The molecule has 1 amide bonds. The normalized spacial score (nSPS) is 10.1. The number of nitrogens with zero attached hydrogens (tertiary/aromatic N) is 1. The number of amides is 1. The summed E-state index contributed by atoms with van der Waals surface area (Å²) in [6, 6.07) is 7.24. The molecule has 0 saturated carbocycles. The van der Waals surface area contributed by atoms with Gasteiger partial charge in [0.05, 0.1) is 11.3 Å². The van der Waals surface area contributed by atoms with Gasteiger partial charge in [0.1, 0.15) is 6.61 Å². The Kier molecular flexibility index (Phi) is 4.47. The maximum atomic E-state index is 11.9. The monoisotopic (exact) mass is 290 g/mol. The first-order valence-electron chi connectivity index (χ1n) is 6.01. The van der Waals surface area contributed by atoms with E-state index in [4.69, 9.17) is 4.74 Å². The molecule has 0 aliphatic heterocycles. The summed E-state index contributed by atoms with van der Waals surface area (Å²) in [6.45, 7) is 3.36. The molecule has 0 aliphatic carbocycles. The third kappa shape index (κ3) is 3.64. The van der Waals surface area contributed by atoms with Crippen LogP contribution < -0.4 is 5.32 Å². The van der Waals surface area contributed by atoms with Gasteiger partial charge in [0.25, 0.3) is 0 Å². The SMILES string of the molecule is CC(=O)Nc1nc(COC(=O)c2ccccc2C)cs1. The predicted molar refractivity (Wildman–Crippen MR) is 76.7 cm³/mol. The molecule has 0 unspecified atom stereocenters. The first-order chi connectivity index (χ1) is 9.56. The van der Waals surface area contributed by atoms with Gasteiger partial charge in [0, 0.05) is 12.3 Å². The summed E-state index contributed by atoms with van der Waals surface area (Å²) in [4.78, 5) is 26.9. The van der Waals surface area contributed by atoms with Crippen LogP contribution in [0.3, 0.4) is 0 Å². The Morgan fingerprint density at radius 2 is 2.10 bits per heavy atom. The summed E-state index contributed by atoms with van der Waals surface area (Å²) < 4.78 is 5.21. The number of rotatable bonds is 4. The number of aromatic nitrogens is 1. The van der Waals surface area contributed by atoms with Crippen molar-refractivity contribution in [3.63, 3.8) is 0 Å². The van der Waals surface area contributed by atoms with Crippen LogP contribution >= 0.6 is 11.3 Å². The maximum Gasteiger partial charge on any atom is 0.338 e. The zero-order chi connectivity index (χ0) is 14.5. The van der Waals surface area contributed by atoms with E-state index in [0.717, 1.165) is 5.56 Å². The molecule has 0 bridgehead atoms. The summed E-state index contributed by atoms with van der Waals surface area (Å²) in [5, 5.41) is 4.83. The lowest BCUT2D eigenvalue weighted by atomic mass is 10.1. The van der Waals surface area contributed by atoms with Crippen molar-refractivity contribution in [2.24, 2.45) is 0 Å². The number of carbonyl (C=O) groups excluding carboxylic acids is 2. The summed E-state index contributed by atoms with van der Waals surface area (Å²) in [7, 11) is 0. The molecule has 1 heterocycles. The van der Waals surface area contributed by atoms with Gasteiger partial charge in [-0.2, -0.15) is 0 Å². The molecule has 1 aromatic carbocycles. The van der Waals surface area contributed by atoms with Gasteiger partial charge in [-0.1, -0.05) is 18.2 Å². The standard InChI is InChI=1S/C14H14N2O3S/c1-9-5-3-4-6-12(9)13(18)19-7-11-8-20-14(16-11)15-10(2)17/h3-6,8H,7H2,1-2H3,(H,15,16,17). The first kappa shape index (κ1) is 14.2. The predicted octanol–water partition coefficient (Wildman–Crippen LogP) is 2.77. The van der Waals surface area contributed by atoms with Crippen molar-refractivity contribution < 1.29 is 14.3 Å². The number of nitrogens with one attached hydrogen (secondary N) is 1. The van der Waals surface area contributed by atoms with Gasteiger partial charge in [-0.05, 0) is 18.6 Å². The molecule has 0 radical (unpaired) electrons. The highest BCUT2D eigenvalue weighted by Gasteiger charge is 2.11. The second-order valence-corrected chi connectivity index (χ2v) is 5.07. The molecule has 2 aromatic rings. The van der Waals surface area contributed by atoms with Gasteiger partial charge in [0.15, 0.2) is 5.13 Å². The fraction of sp³-hybridized carbons (Fsp3) is 0.214. The van der Waals surface area contributed by atoms with Crippen LogP contribution in [0.2, 0.25) is 0 Å². The molecule has 6 heteroatoms. The molecule has 0 spiro atoms. The molecular weight excluding hydrogens is 276 g/mol. The zero-order valence-corrected chi connectivity index (χ0v) is 12.0. The average Bonchev–Trinajstić information content (AvgIpc) is 2.83. The summed E-state index contributed by atoms with van der Waals surface area (Å²) in [5.74, 6) is -0.556. The number of hydrogen-bond acceptors (Lipinski definition) is 5. The van der Waals surface area contributed by atoms with Crippen LogP contribution in [0.4, 0.5) is 5.13 Å². The molecule has 20 heavy (non-hydrogen) atoms. The number of esters is 1. The van der Waals surface area contributed by atoms with Crippen molar-refractivity contribution in [3.05, 3.63) is 46.5 Å². The molecule has 2 rings (SSSR count). The van der Waals surface area contributed by atoms with Crippen molar-refractivity contribution >= 4 is 28.3 Å². The van der Waals surface area contributed by atoms with E-state index in [9.17, 15) is 9.59 Å². The largest absolute Gasteiger partial charge is 0.456 e. The Labute approximate surface area is 120 Å². The highest BCUT2D eigenvalue weighted by Crippen LogP contribution is 2.17. The van der Waals surface area contributed by atoms with Gasteiger partial charge in [-0.25, -0.2) is 9.78 Å². The third-order valence-corrected chi connectivity index (χ3v) is 3.36. The van der Waals surface area contributed by atoms with E-state index in [2.05, 4.69) is 10.3 Å². The molecule has 0 atom stereocenters. The Bertz CT molecular complexity index is 637. The van der Waals surface area contributed by atoms with Crippen LogP contribution in [-0.2, 0) is 16.1 Å². The van der Waals surface area contributed by atoms with Crippen molar-refractivity contribution in [2.45, 2.75) is 20.5 Å². The summed E-state index contributed by atoms with van der Waals surface area (Å²) >= 11 is 1.29. The molecule has 5 nitrogen and oxygen atoms in total. The number of aryl methyl sites for hydroxylation is 1. The number of hydrogen-bond donors (Lipinski definition) is 1. The Balaban J connectivity index is 1.95. The molecule has 0 fully saturated rings. The van der Waals surface area contributed by atoms with E-state index >= 15 is 0 Å². The number of benzene rings is 1. The quantitative estimate of drug-likeness (QED) is 0.879. The highest BCUT2D eigenvalue weighted by molar-refractivity contribution is 7.13. The van der Waals surface area contributed by atoms with Crippen LogP contribution in [0.25, 0.3) is 0 Å². The Hall–Kier alpha value is -2.21. The van der Waals surface area contributed by atoms with Gasteiger partial charge in [-0.3, -0.25) is 4.79 Å². The maximum absolute atomic E-state index is 11.9. The lowest BCUT2D eigenvalue weighted by Crippen LogP contribution is -2.08. The van der Waals surface area contributed by atoms with Crippen LogP contribution in [0.1, 0.15) is 28.5 Å². The minimum absolute atomic E-state index is 0.0866. The van der Waals surface area contributed by atoms with E-state index < -0.39 is 0 Å². The topological polar surface area (TPSA) is 68.3 Å². The molecule has 0 saturated heterocycles. The van der Waals surface area contributed by atoms with Crippen molar-refractivity contribution in [2.75, 3.05) is 5.32 Å². The zero-order valence-electron chi connectivity index (χ0n) is 11.2. The van der Waals surface area contributed by atoms with Crippen molar-refractivity contribution in [1.82, 2.24) is 4.98 Å². The highest BCUT2D eigenvalue weighted by atomic mass is 32.1. The minimum atomic E-state index is -0.378. The van der Waals surface area contributed by atoms with Gasteiger partial charge < -0.3 is 10.1 Å². The number of anilines is 1. The molecule has 104 valence electrons. The number of carbonyl (C=O) groups is 2. The van der Waals surface area contributed by atoms with E-state index in [-0.39, 0.29) is 18.5 Å². The number of ether oxygens (including phenoxy) is 1. The second kappa shape index (κ2) is 6.29. The van der Waals surface area contributed by atoms with Crippen molar-refractivity contribution in [3.8, 4) is 0 Å². The van der Waals surface area contributed by atoms with E-state index in [1.807, 2.05) is 19.1 Å². The van der Waals surface area contributed by atoms with Crippen LogP contribution in [0.5, 0.6) is 0 Å². The van der Waals surface area contributed by atoms with Gasteiger partial charge >= 0.3 is 5.97 Å². The third-order valence-electron chi connectivity index (χ3n) is 2.55. The average molecular weight is 290 g/mol. The first-order valence-corrected chi connectivity index (χ1v) is 6.89. The summed E-state index contributed by atoms with van der Waals surface area (Å²) in [6.07, 6.45) is 0. The Morgan fingerprint density at radius 3 is 2.80 bits per heavy atom. The number of thiazole rings is 1. The Morgan fingerprint density at radius 1 is 1.35 bits per heavy atom. The fourth-order valence-corrected chi connectivity index (χ4v) is 2.34. The van der Waals surface area contributed by atoms with Gasteiger partial charge in [-0.15, -0.1) is 11.3 Å². The van der Waals surface area contributed by atoms with Crippen LogP contribution in [-0.4, -0.2) is 16.9 Å². The van der Waals surface area contributed by atoms with Crippen LogP contribution in [0.15, 0.2) is 29.6 Å². The molecular formula is C14H14N2O3S. The lowest BCUT2D eigenvalue weighted by Gasteiger charge is -2.05. The van der Waals surface area contributed by atoms with E-state index in [1.54, 1.807) is 17.5 Å².